The molecule has 0 saturated heterocycles. The molecule has 1 aromatic rings. The molecule has 15 heavy (non-hydrogen) atoms. The lowest BCUT2D eigenvalue weighted by Gasteiger charge is -2.07. The Balaban J connectivity index is 2.40. The topological polar surface area (TPSA) is 67.2 Å². The third-order valence-corrected chi connectivity index (χ3v) is 1.75. The second-order valence-corrected chi connectivity index (χ2v) is 3.18. The van der Waals surface area contributed by atoms with Crippen molar-refractivity contribution in [2.45, 2.75) is 6.92 Å². The molecule has 0 heterocycles. The van der Waals surface area contributed by atoms with Gasteiger partial charge < -0.3 is 16.4 Å². The molecule has 0 unspecified atom stereocenters. The van der Waals surface area contributed by atoms with Gasteiger partial charge in [0.25, 0.3) is 0 Å². The summed E-state index contributed by atoms with van der Waals surface area (Å²) >= 11 is 0. The SMILES string of the molecule is CC(=O)NCCNc1cc(N)cc(F)c1. The van der Waals surface area contributed by atoms with Gasteiger partial charge in [0, 0.05) is 31.4 Å². The maximum atomic E-state index is 12.9. The number of rotatable bonds is 4. The Labute approximate surface area is 87.7 Å². The number of nitrogens with two attached hydrogens (primary N) is 1. The van der Waals surface area contributed by atoms with Crippen molar-refractivity contribution in [3.8, 4) is 0 Å². The highest BCUT2D eigenvalue weighted by molar-refractivity contribution is 5.72. The number of nitrogen functional groups attached to an aromatic ring is 1. The van der Waals surface area contributed by atoms with E-state index in [2.05, 4.69) is 10.6 Å². The minimum atomic E-state index is -0.378. The molecule has 1 aromatic carbocycles. The van der Waals surface area contributed by atoms with Crippen molar-refractivity contribution in [2.75, 3.05) is 24.1 Å². The van der Waals surface area contributed by atoms with Gasteiger partial charge in [-0.1, -0.05) is 0 Å². The average Bonchev–Trinajstić information content (AvgIpc) is 2.10. The first-order valence-corrected chi connectivity index (χ1v) is 4.62. The third kappa shape index (κ3) is 4.30. The van der Waals surface area contributed by atoms with Gasteiger partial charge in [-0.15, -0.1) is 0 Å². The number of halogens is 1. The summed E-state index contributed by atoms with van der Waals surface area (Å²) in [6, 6.07) is 4.24. The van der Waals surface area contributed by atoms with Crippen LogP contribution in [0, 0.1) is 5.82 Å². The molecule has 1 amide bonds. The molecule has 0 aliphatic carbocycles. The van der Waals surface area contributed by atoms with Gasteiger partial charge in [-0.3, -0.25) is 4.79 Å². The fraction of sp³-hybridized carbons (Fsp3) is 0.300. The number of hydrogen-bond acceptors (Lipinski definition) is 3. The van der Waals surface area contributed by atoms with Crippen LogP contribution in [0.25, 0.3) is 0 Å². The zero-order chi connectivity index (χ0) is 11.3. The van der Waals surface area contributed by atoms with Crippen molar-refractivity contribution in [3.63, 3.8) is 0 Å². The average molecular weight is 211 g/mol. The molecule has 1 rings (SSSR count). The van der Waals surface area contributed by atoms with E-state index in [0.717, 1.165) is 0 Å². The van der Waals surface area contributed by atoms with Crippen molar-refractivity contribution in [3.05, 3.63) is 24.0 Å². The van der Waals surface area contributed by atoms with E-state index in [1.54, 1.807) is 6.07 Å². The van der Waals surface area contributed by atoms with Crippen LogP contribution in [0.4, 0.5) is 15.8 Å². The number of amides is 1. The second-order valence-electron chi connectivity index (χ2n) is 3.18. The first kappa shape index (κ1) is 11.3. The van der Waals surface area contributed by atoms with Gasteiger partial charge in [-0.05, 0) is 18.2 Å². The molecule has 0 fully saturated rings. The normalized spacial score (nSPS) is 9.73. The van der Waals surface area contributed by atoms with Gasteiger partial charge >= 0.3 is 0 Å². The Morgan fingerprint density at radius 1 is 1.40 bits per heavy atom. The van der Waals surface area contributed by atoms with Gasteiger partial charge in [0.15, 0.2) is 0 Å². The highest BCUT2D eigenvalue weighted by atomic mass is 19.1. The van der Waals surface area contributed by atoms with Crippen LogP contribution in [0.1, 0.15) is 6.92 Å². The van der Waals surface area contributed by atoms with Crippen molar-refractivity contribution in [1.82, 2.24) is 5.32 Å². The molecular formula is C10H14FN3O. The molecule has 0 aliphatic rings. The monoisotopic (exact) mass is 211 g/mol. The molecule has 0 bridgehead atoms. The predicted molar refractivity (Wildman–Crippen MR) is 58.0 cm³/mol. The fourth-order valence-electron chi connectivity index (χ4n) is 1.16. The predicted octanol–water partition coefficient (Wildman–Crippen LogP) is 0.956. The van der Waals surface area contributed by atoms with Gasteiger partial charge in [0.05, 0.1) is 0 Å². The molecule has 0 spiro atoms. The number of hydrogen-bond donors (Lipinski definition) is 3. The van der Waals surface area contributed by atoms with Crippen LogP contribution in [0.3, 0.4) is 0 Å². The summed E-state index contributed by atoms with van der Waals surface area (Å²) in [5.41, 5.74) is 6.44. The molecular weight excluding hydrogens is 197 g/mol. The molecule has 0 saturated carbocycles. The van der Waals surface area contributed by atoms with Crippen LogP contribution in [0.2, 0.25) is 0 Å². The lowest BCUT2D eigenvalue weighted by atomic mass is 10.2. The Kier molecular flexibility index (Phi) is 3.91. The van der Waals surface area contributed by atoms with Gasteiger partial charge in [-0.2, -0.15) is 0 Å². The van der Waals surface area contributed by atoms with E-state index in [9.17, 15) is 9.18 Å². The van der Waals surface area contributed by atoms with E-state index in [-0.39, 0.29) is 11.7 Å². The van der Waals surface area contributed by atoms with E-state index < -0.39 is 0 Å². The number of nitrogens with one attached hydrogen (secondary N) is 2. The van der Waals surface area contributed by atoms with Crippen LogP contribution in [-0.2, 0) is 4.79 Å². The van der Waals surface area contributed by atoms with E-state index in [1.807, 2.05) is 0 Å². The van der Waals surface area contributed by atoms with Crippen molar-refractivity contribution < 1.29 is 9.18 Å². The van der Waals surface area contributed by atoms with E-state index in [1.165, 1.54) is 19.1 Å². The molecule has 82 valence electrons. The summed E-state index contributed by atoms with van der Waals surface area (Å²) < 4.78 is 12.9. The van der Waals surface area contributed by atoms with E-state index in [4.69, 9.17) is 5.73 Å². The second kappa shape index (κ2) is 5.19. The summed E-state index contributed by atoms with van der Waals surface area (Å²) in [7, 11) is 0. The van der Waals surface area contributed by atoms with Gasteiger partial charge in [0.1, 0.15) is 5.82 Å². The number of carbonyl (C=O) groups is 1. The number of carbonyl (C=O) groups excluding carboxylic acids is 1. The Bertz CT molecular complexity index is 334. The standard InChI is InChI=1S/C10H14FN3O/c1-7(15)13-2-3-14-10-5-8(11)4-9(12)6-10/h4-6,14H,2-3,12H2,1H3,(H,13,15). The molecule has 0 radical (unpaired) electrons. The Hall–Kier alpha value is -1.78. The molecule has 4 nitrogen and oxygen atoms in total. The Morgan fingerprint density at radius 2 is 2.13 bits per heavy atom. The van der Waals surface area contributed by atoms with Crippen molar-refractivity contribution in [1.29, 1.82) is 0 Å². The first-order valence-electron chi connectivity index (χ1n) is 4.62. The minimum Gasteiger partial charge on any atom is -0.399 e. The molecule has 4 N–H and O–H groups in total. The number of benzene rings is 1. The van der Waals surface area contributed by atoms with Crippen LogP contribution in [0.15, 0.2) is 18.2 Å². The quantitative estimate of drug-likeness (QED) is 0.513. The van der Waals surface area contributed by atoms with E-state index >= 15 is 0 Å². The van der Waals surface area contributed by atoms with Crippen molar-refractivity contribution >= 4 is 17.3 Å². The lowest BCUT2D eigenvalue weighted by molar-refractivity contribution is -0.118. The van der Waals surface area contributed by atoms with Crippen LogP contribution < -0.4 is 16.4 Å². The Morgan fingerprint density at radius 3 is 2.73 bits per heavy atom. The molecule has 5 heteroatoms. The summed E-state index contributed by atoms with van der Waals surface area (Å²) in [5.74, 6) is -0.465. The zero-order valence-corrected chi connectivity index (χ0v) is 8.51. The first-order chi connectivity index (χ1) is 7.08. The largest absolute Gasteiger partial charge is 0.399 e. The number of anilines is 2. The maximum Gasteiger partial charge on any atom is 0.216 e. The third-order valence-electron chi connectivity index (χ3n) is 1.75. The van der Waals surface area contributed by atoms with Crippen molar-refractivity contribution in [2.24, 2.45) is 0 Å². The van der Waals surface area contributed by atoms with Gasteiger partial charge in [0.2, 0.25) is 5.91 Å². The van der Waals surface area contributed by atoms with Gasteiger partial charge in [-0.25, -0.2) is 4.39 Å². The van der Waals surface area contributed by atoms with E-state index in [0.29, 0.717) is 24.5 Å². The lowest BCUT2D eigenvalue weighted by Crippen LogP contribution is -2.26. The zero-order valence-electron chi connectivity index (χ0n) is 8.51. The fourth-order valence-corrected chi connectivity index (χ4v) is 1.16. The minimum absolute atomic E-state index is 0.0874. The summed E-state index contributed by atoms with van der Waals surface area (Å²) in [6.07, 6.45) is 0. The smallest absolute Gasteiger partial charge is 0.216 e. The molecule has 0 aliphatic heterocycles. The molecule has 0 aromatic heterocycles. The molecule has 0 atom stereocenters. The summed E-state index contributed by atoms with van der Waals surface area (Å²) in [5, 5.41) is 5.57. The highest BCUT2D eigenvalue weighted by Gasteiger charge is 1.97. The van der Waals surface area contributed by atoms with Crippen LogP contribution >= 0.6 is 0 Å². The van der Waals surface area contributed by atoms with Crippen LogP contribution in [-0.4, -0.2) is 19.0 Å². The summed E-state index contributed by atoms with van der Waals surface area (Å²) in [4.78, 5) is 10.5. The van der Waals surface area contributed by atoms with Crippen LogP contribution in [0.5, 0.6) is 0 Å². The summed E-state index contributed by atoms with van der Waals surface area (Å²) in [6.45, 7) is 2.47. The highest BCUT2D eigenvalue weighted by Crippen LogP contribution is 2.14. The maximum absolute atomic E-state index is 12.9.